The molecule has 0 unspecified atom stereocenters. The minimum atomic E-state index is 1.09. The highest BCUT2D eigenvalue weighted by Gasteiger charge is 1.95. The molecule has 0 aliphatic heterocycles. The smallest absolute Gasteiger partial charge is 0.0409 e. The molecule has 1 heterocycles. The lowest BCUT2D eigenvalue weighted by Gasteiger charge is -2.00. The Kier molecular flexibility index (Phi) is 2.33. The van der Waals surface area contributed by atoms with Crippen LogP contribution in [-0.2, 0) is 0 Å². The number of pyridine rings is 1. The van der Waals surface area contributed by atoms with E-state index in [4.69, 9.17) is 0 Å². The van der Waals surface area contributed by atoms with Gasteiger partial charge in [-0.2, -0.15) is 0 Å². The molecular formula is C8H11NS. The lowest BCUT2D eigenvalue weighted by molar-refractivity contribution is 1.11. The van der Waals surface area contributed by atoms with Gasteiger partial charge in [0.05, 0.1) is 0 Å². The number of rotatable bonds is 1. The Morgan fingerprint density at radius 1 is 1.40 bits per heavy atom. The number of nitrogens with zero attached hydrogens (tertiary/aromatic N) is 1. The van der Waals surface area contributed by atoms with Crippen molar-refractivity contribution in [2.24, 2.45) is 0 Å². The second-order valence-electron chi connectivity index (χ2n) is 2.30. The van der Waals surface area contributed by atoms with E-state index < -0.39 is 0 Å². The summed E-state index contributed by atoms with van der Waals surface area (Å²) in [6.07, 6.45) is 3.99. The van der Waals surface area contributed by atoms with Gasteiger partial charge in [-0.15, -0.1) is 11.8 Å². The van der Waals surface area contributed by atoms with E-state index in [0.29, 0.717) is 0 Å². The van der Waals surface area contributed by atoms with Crippen LogP contribution in [0.3, 0.4) is 0 Å². The van der Waals surface area contributed by atoms with Crippen LogP contribution in [0.25, 0.3) is 0 Å². The molecule has 1 nitrogen and oxygen atoms in total. The molecule has 0 saturated carbocycles. The van der Waals surface area contributed by atoms with Crippen molar-refractivity contribution >= 4 is 11.8 Å². The van der Waals surface area contributed by atoms with Gasteiger partial charge < -0.3 is 0 Å². The van der Waals surface area contributed by atoms with E-state index in [2.05, 4.69) is 24.2 Å². The van der Waals surface area contributed by atoms with Gasteiger partial charge in [0.2, 0.25) is 0 Å². The van der Waals surface area contributed by atoms with E-state index in [9.17, 15) is 0 Å². The second kappa shape index (κ2) is 3.06. The van der Waals surface area contributed by atoms with Gasteiger partial charge in [-0.05, 0) is 31.7 Å². The van der Waals surface area contributed by atoms with Crippen LogP contribution >= 0.6 is 11.8 Å². The van der Waals surface area contributed by atoms with Crippen molar-refractivity contribution in [3.8, 4) is 0 Å². The predicted octanol–water partition coefficient (Wildman–Crippen LogP) is 2.42. The first-order valence-electron chi connectivity index (χ1n) is 3.21. The summed E-state index contributed by atoms with van der Waals surface area (Å²) in [5, 5.41) is 0. The van der Waals surface area contributed by atoms with Crippen molar-refractivity contribution in [3.05, 3.63) is 23.5 Å². The monoisotopic (exact) mass is 153 g/mol. The molecular weight excluding hydrogens is 142 g/mol. The predicted molar refractivity (Wildman–Crippen MR) is 45.5 cm³/mol. The summed E-state index contributed by atoms with van der Waals surface area (Å²) < 4.78 is 0. The van der Waals surface area contributed by atoms with Crippen molar-refractivity contribution < 1.29 is 0 Å². The topological polar surface area (TPSA) is 12.9 Å². The zero-order valence-corrected chi connectivity index (χ0v) is 7.33. The van der Waals surface area contributed by atoms with Crippen LogP contribution in [0.4, 0.5) is 0 Å². The van der Waals surface area contributed by atoms with Gasteiger partial charge in [-0.1, -0.05) is 0 Å². The molecule has 0 amide bonds. The fraction of sp³-hybridized carbons (Fsp3) is 0.375. The first-order valence-corrected chi connectivity index (χ1v) is 4.43. The molecule has 0 saturated heterocycles. The molecule has 0 atom stereocenters. The first kappa shape index (κ1) is 7.61. The van der Waals surface area contributed by atoms with Crippen LogP contribution in [-0.4, -0.2) is 11.2 Å². The molecule has 0 aliphatic rings. The normalized spacial score (nSPS) is 9.90. The van der Waals surface area contributed by atoms with Crippen molar-refractivity contribution in [1.29, 1.82) is 0 Å². The van der Waals surface area contributed by atoms with Gasteiger partial charge in [0, 0.05) is 16.8 Å². The van der Waals surface area contributed by atoms with Crippen LogP contribution < -0.4 is 0 Å². The third-order valence-electron chi connectivity index (χ3n) is 1.42. The molecule has 0 bridgehead atoms. The lowest BCUT2D eigenvalue weighted by Crippen LogP contribution is -1.84. The second-order valence-corrected chi connectivity index (χ2v) is 3.14. The van der Waals surface area contributed by atoms with Gasteiger partial charge in [0.1, 0.15) is 0 Å². The summed E-state index contributed by atoms with van der Waals surface area (Å²) in [5.41, 5.74) is 2.41. The van der Waals surface area contributed by atoms with Crippen LogP contribution in [0.1, 0.15) is 11.3 Å². The SMILES string of the molecule is CSc1cnc(C)cc1C. The summed E-state index contributed by atoms with van der Waals surface area (Å²) in [4.78, 5) is 5.46. The number of aryl methyl sites for hydroxylation is 2. The summed E-state index contributed by atoms with van der Waals surface area (Å²) >= 11 is 1.74. The quantitative estimate of drug-likeness (QED) is 0.575. The molecule has 54 valence electrons. The first-order chi connectivity index (χ1) is 4.74. The Hall–Kier alpha value is -0.500. The van der Waals surface area contributed by atoms with Crippen LogP contribution in [0.15, 0.2) is 17.2 Å². The average molecular weight is 153 g/mol. The molecule has 0 spiro atoms. The van der Waals surface area contributed by atoms with E-state index in [1.165, 1.54) is 10.5 Å². The Morgan fingerprint density at radius 2 is 2.10 bits per heavy atom. The van der Waals surface area contributed by atoms with Crippen LogP contribution in [0, 0.1) is 13.8 Å². The summed E-state index contributed by atoms with van der Waals surface area (Å²) in [5.74, 6) is 0. The molecule has 0 fully saturated rings. The molecule has 10 heavy (non-hydrogen) atoms. The molecule has 0 N–H and O–H groups in total. The summed E-state index contributed by atoms with van der Waals surface area (Å²) in [6, 6.07) is 2.10. The van der Waals surface area contributed by atoms with Gasteiger partial charge >= 0.3 is 0 Å². The number of aromatic nitrogens is 1. The maximum absolute atomic E-state index is 4.19. The molecule has 1 rings (SSSR count). The summed E-state index contributed by atoms with van der Waals surface area (Å²) in [6.45, 7) is 4.12. The van der Waals surface area contributed by atoms with E-state index in [-0.39, 0.29) is 0 Å². The van der Waals surface area contributed by atoms with Gasteiger partial charge in [-0.25, -0.2) is 0 Å². The molecule has 0 aromatic carbocycles. The van der Waals surface area contributed by atoms with Crippen molar-refractivity contribution in [1.82, 2.24) is 4.98 Å². The third-order valence-corrected chi connectivity index (χ3v) is 2.29. The zero-order valence-electron chi connectivity index (χ0n) is 6.51. The fourth-order valence-electron chi connectivity index (χ4n) is 0.898. The molecule has 1 aromatic rings. The van der Waals surface area contributed by atoms with E-state index in [1.54, 1.807) is 11.8 Å². The highest BCUT2D eigenvalue weighted by Crippen LogP contribution is 2.18. The summed E-state index contributed by atoms with van der Waals surface area (Å²) in [7, 11) is 0. The van der Waals surface area contributed by atoms with E-state index in [1.807, 2.05) is 13.1 Å². The van der Waals surface area contributed by atoms with E-state index in [0.717, 1.165) is 5.69 Å². The largest absolute Gasteiger partial charge is 0.260 e. The molecule has 0 aliphatic carbocycles. The molecule has 0 radical (unpaired) electrons. The Bertz CT molecular complexity index is 233. The lowest BCUT2D eigenvalue weighted by atomic mass is 10.2. The standard InChI is InChI=1S/C8H11NS/c1-6-4-7(2)9-5-8(6)10-3/h4-5H,1-3H3. The highest BCUT2D eigenvalue weighted by atomic mass is 32.2. The van der Waals surface area contributed by atoms with Crippen LogP contribution in [0.2, 0.25) is 0 Å². The van der Waals surface area contributed by atoms with Crippen molar-refractivity contribution in [2.45, 2.75) is 18.7 Å². The fourth-order valence-corrected chi connectivity index (χ4v) is 1.44. The van der Waals surface area contributed by atoms with E-state index >= 15 is 0 Å². The minimum Gasteiger partial charge on any atom is -0.260 e. The van der Waals surface area contributed by atoms with Gasteiger partial charge in [-0.3, -0.25) is 4.98 Å². The maximum Gasteiger partial charge on any atom is 0.0409 e. The minimum absolute atomic E-state index is 1.09. The number of thioether (sulfide) groups is 1. The number of hydrogen-bond donors (Lipinski definition) is 0. The van der Waals surface area contributed by atoms with Crippen molar-refractivity contribution in [2.75, 3.05) is 6.26 Å². The van der Waals surface area contributed by atoms with Crippen LogP contribution in [0.5, 0.6) is 0 Å². The van der Waals surface area contributed by atoms with Gasteiger partial charge in [0.25, 0.3) is 0 Å². The Morgan fingerprint density at radius 3 is 2.60 bits per heavy atom. The highest BCUT2D eigenvalue weighted by molar-refractivity contribution is 7.98. The molecule has 2 heteroatoms. The van der Waals surface area contributed by atoms with Crippen molar-refractivity contribution in [3.63, 3.8) is 0 Å². The maximum atomic E-state index is 4.19. The zero-order chi connectivity index (χ0) is 7.56. The van der Waals surface area contributed by atoms with Gasteiger partial charge in [0.15, 0.2) is 0 Å². The third kappa shape index (κ3) is 1.51. The molecule has 1 aromatic heterocycles. The average Bonchev–Trinajstić information content (AvgIpc) is 1.88. The Labute approximate surface area is 65.9 Å². The number of hydrogen-bond acceptors (Lipinski definition) is 2. The Balaban J connectivity index is 3.07.